The Morgan fingerprint density at radius 1 is 1.03 bits per heavy atom. The zero-order chi connectivity index (χ0) is 26.1. The molecule has 1 aromatic heterocycles. The largest absolute Gasteiger partial charge is 0.492 e. The highest BCUT2D eigenvalue weighted by Crippen LogP contribution is 2.21. The number of hydrogen-bond acceptors (Lipinski definition) is 7. The van der Waals surface area contributed by atoms with Gasteiger partial charge in [0, 0.05) is 45.7 Å². The number of aliphatic hydroxyl groups is 1. The number of rotatable bonds is 11. The Kier molecular flexibility index (Phi) is 9.16. The monoisotopic (exact) mass is 508 g/mol. The number of imidazole rings is 1. The van der Waals surface area contributed by atoms with Gasteiger partial charge in [-0.2, -0.15) is 0 Å². The normalized spacial score (nSPS) is 18.4. The third kappa shape index (κ3) is 7.79. The van der Waals surface area contributed by atoms with Crippen LogP contribution in [0.3, 0.4) is 0 Å². The molecule has 0 spiro atoms. The van der Waals surface area contributed by atoms with Crippen molar-refractivity contribution in [2.45, 2.75) is 25.6 Å². The molecule has 4 rings (SSSR count). The number of carbonyl (C=O) groups is 1. The standard InChI is InChI=1S/C28H36N4O5/c1-23-29-12-13-31(23)16-17-36-26-10-8-24(9-11-26)18-30-14-15-32(27(33)19-35-2)21-28(34,20-30)22-37-25-6-4-3-5-7-25/h3-13,34H,14-22H2,1-2H3/t28-/m1/s1. The third-order valence-corrected chi connectivity index (χ3v) is 6.41. The molecule has 0 bridgehead atoms. The van der Waals surface area contributed by atoms with Crippen LogP contribution in [0.25, 0.3) is 0 Å². The van der Waals surface area contributed by atoms with Crippen LogP contribution in [0.4, 0.5) is 0 Å². The van der Waals surface area contributed by atoms with E-state index in [0.717, 1.165) is 23.7 Å². The highest BCUT2D eigenvalue weighted by atomic mass is 16.5. The first-order valence-corrected chi connectivity index (χ1v) is 12.5. The topological polar surface area (TPSA) is 89.3 Å². The number of hydrogen-bond donors (Lipinski definition) is 1. The van der Waals surface area contributed by atoms with Crippen molar-refractivity contribution in [1.29, 1.82) is 0 Å². The molecule has 1 aliphatic rings. The van der Waals surface area contributed by atoms with Crippen molar-refractivity contribution in [2.75, 3.05) is 53.1 Å². The maximum atomic E-state index is 12.6. The van der Waals surface area contributed by atoms with Crippen LogP contribution in [0.2, 0.25) is 0 Å². The summed E-state index contributed by atoms with van der Waals surface area (Å²) in [5.74, 6) is 2.31. The zero-order valence-electron chi connectivity index (χ0n) is 21.6. The molecule has 1 N–H and O–H groups in total. The van der Waals surface area contributed by atoms with E-state index in [4.69, 9.17) is 14.2 Å². The Balaban J connectivity index is 1.37. The van der Waals surface area contributed by atoms with Gasteiger partial charge in [-0.05, 0) is 36.8 Å². The van der Waals surface area contributed by atoms with Crippen LogP contribution < -0.4 is 9.47 Å². The van der Waals surface area contributed by atoms with Crippen molar-refractivity contribution < 1.29 is 24.1 Å². The second kappa shape index (κ2) is 12.7. The molecule has 1 aliphatic heterocycles. The lowest BCUT2D eigenvalue weighted by Crippen LogP contribution is -2.52. The second-order valence-electron chi connectivity index (χ2n) is 9.45. The van der Waals surface area contributed by atoms with E-state index in [1.54, 1.807) is 11.1 Å². The van der Waals surface area contributed by atoms with Gasteiger partial charge < -0.3 is 28.8 Å². The molecule has 1 atom stereocenters. The number of ether oxygens (including phenoxy) is 3. The molecule has 2 aromatic carbocycles. The number of amides is 1. The van der Waals surface area contributed by atoms with Crippen molar-refractivity contribution in [3.05, 3.63) is 78.4 Å². The van der Waals surface area contributed by atoms with Gasteiger partial charge in [-0.1, -0.05) is 30.3 Å². The van der Waals surface area contributed by atoms with Gasteiger partial charge in [-0.3, -0.25) is 9.69 Å². The number of para-hydroxylation sites is 1. The lowest BCUT2D eigenvalue weighted by Gasteiger charge is -2.33. The number of aryl methyl sites for hydroxylation is 1. The summed E-state index contributed by atoms with van der Waals surface area (Å²) in [6.07, 6.45) is 3.73. The van der Waals surface area contributed by atoms with Gasteiger partial charge in [-0.15, -0.1) is 0 Å². The molecule has 9 nitrogen and oxygen atoms in total. The molecule has 2 heterocycles. The highest BCUT2D eigenvalue weighted by Gasteiger charge is 2.37. The first-order chi connectivity index (χ1) is 17.9. The quantitative estimate of drug-likeness (QED) is 0.425. The molecule has 0 aliphatic carbocycles. The fraction of sp³-hybridized carbons (Fsp3) is 0.429. The summed E-state index contributed by atoms with van der Waals surface area (Å²) < 4.78 is 18.9. The second-order valence-corrected chi connectivity index (χ2v) is 9.45. The molecule has 37 heavy (non-hydrogen) atoms. The van der Waals surface area contributed by atoms with Gasteiger partial charge >= 0.3 is 0 Å². The van der Waals surface area contributed by atoms with Gasteiger partial charge in [-0.25, -0.2) is 4.98 Å². The van der Waals surface area contributed by atoms with E-state index >= 15 is 0 Å². The first kappa shape index (κ1) is 26.7. The molecule has 0 unspecified atom stereocenters. The van der Waals surface area contributed by atoms with Crippen molar-refractivity contribution in [1.82, 2.24) is 19.4 Å². The van der Waals surface area contributed by atoms with Crippen LogP contribution >= 0.6 is 0 Å². The number of methoxy groups -OCH3 is 1. The van der Waals surface area contributed by atoms with Crippen molar-refractivity contribution in [3.8, 4) is 11.5 Å². The summed E-state index contributed by atoms with van der Waals surface area (Å²) >= 11 is 0. The summed E-state index contributed by atoms with van der Waals surface area (Å²) in [6, 6.07) is 17.4. The summed E-state index contributed by atoms with van der Waals surface area (Å²) in [4.78, 5) is 20.7. The van der Waals surface area contributed by atoms with Crippen LogP contribution in [-0.4, -0.2) is 89.1 Å². The minimum absolute atomic E-state index is 0.0164. The van der Waals surface area contributed by atoms with Crippen LogP contribution in [0, 0.1) is 6.92 Å². The van der Waals surface area contributed by atoms with Crippen LogP contribution in [0.15, 0.2) is 67.0 Å². The SMILES string of the molecule is COCC(=O)N1CCN(Cc2ccc(OCCn3ccnc3C)cc2)C[C@](O)(COc2ccccc2)C1. The van der Waals surface area contributed by atoms with E-state index < -0.39 is 5.60 Å². The fourth-order valence-corrected chi connectivity index (χ4v) is 4.48. The van der Waals surface area contributed by atoms with E-state index in [-0.39, 0.29) is 25.7 Å². The third-order valence-electron chi connectivity index (χ3n) is 6.41. The predicted molar refractivity (Wildman–Crippen MR) is 140 cm³/mol. The summed E-state index contributed by atoms with van der Waals surface area (Å²) in [5, 5.41) is 11.6. The van der Waals surface area contributed by atoms with E-state index in [9.17, 15) is 9.90 Å². The molecule has 1 fully saturated rings. The molecule has 9 heteroatoms. The zero-order valence-corrected chi connectivity index (χ0v) is 21.6. The summed E-state index contributed by atoms with van der Waals surface area (Å²) in [6.45, 7) is 5.65. The fourth-order valence-electron chi connectivity index (χ4n) is 4.48. The molecular weight excluding hydrogens is 472 g/mol. The van der Waals surface area contributed by atoms with Crippen molar-refractivity contribution in [3.63, 3.8) is 0 Å². The number of benzene rings is 2. The number of aromatic nitrogens is 2. The number of β-amino-alcohol motifs (C(OH)–C–C–N with tert-alkyl or cyclic N) is 1. The Morgan fingerprint density at radius 2 is 1.78 bits per heavy atom. The highest BCUT2D eigenvalue weighted by molar-refractivity contribution is 5.77. The molecule has 198 valence electrons. The maximum Gasteiger partial charge on any atom is 0.248 e. The first-order valence-electron chi connectivity index (χ1n) is 12.5. The van der Waals surface area contributed by atoms with Crippen molar-refractivity contribution >= 4 is 5.91 Å². The lowest BCUT2D eigenvalue weighted by atomic mass is 10.0. The minimum atomic E-state index is -1.23. The van der Waals surface area contributed by atoms with Gasteiger partial charge in [0.2, 0.25) is 5.91 Å². The van der Waals surface area contributed by atoms with Crippen molar-refractivity contribution in [2.24, 2.45) is 0 Å². The molecule has 0 radical (unpaired) electrons. The maximum absolute atomic E-state index is 12.6. The van der Waals surface area contributed by atoms with E-state index in [2.05, 4.69) is 14.5 Å². The van der Waals surface area contributed by atoms with Gasteiger partial charge in [0.05, 0.1) is 13.1 Å². The minimum Gasteiger partial charge on any atom is -0.492 e. The molecular formula is C28H36N4O5. The average molecular weight is 509 g/mol. The summed E-state index contributed by atoms with van der Waals surface area (Å²) in [5.41, 5.74) is -0.134. The molecule has 1 saturated heterocycles. The number of carbonyl (C=O) groups excluding carboxylic acids is 1. The molecule has 0 saturated carbocycles. The van der Waals surface area contributed by atoms with Crippen LogP contribution in [0.1, 0.15) is 11.4 Å². The van der Waals surface area contributed by atoms with Gasteiger partial charge in [0.1, 0.15) is 42.7 Å². The predicted octanol–water partition coefficient (Wildman–Crippen LogP) is 2.37. The smallest absolute Gasteiger partial charge is 0.248 e. The number of nitrogens with zero attached hydrogens (tertiary/aromatic N) is 4. The Morgan fingerprint density at radius 3 is 2.49 bits per heavy atom. The Hall–Kier alpha value is -3.40. The van der Waals surface area contributed by atoms with Gasteiger partial charge in [0.15, 0.2) is 0 Å². The van der Waals surface area contributed by atoms with Gasteiger partial charge in [0.25, 0.3) is 0 Å². The van der Waals surface area contributed by atoms with Crippen LogP contribution in [0.5, 0.6) is 11.5 Å². The van der Waals surface area contributed by atoms with E-state index in [1.807, 2.05) is 67.7 Å². The Bertz CT molecular complexity index is 1120. The Labute approximate surface area is 218 Å². The summed E-state index contributed by atoms with van der Waals surface area (Å²) in [7, 11) is 1.50. The lowest BCUT2D eigenvalue weighted by molar-refractivity contribution is -0.138. The van der Waals surface area contributed by atoms with E-state index in [0.29, 0.717) is 38.5 Å². The average Bonchev–Trinajstić information content (AvgIpc) is 3.23. The van der Waals surface area contributed by atoms with E-state index in [1.165, 1.54) is 7.11 Å². The molecule has 3 aromatic rings. The van der Waals surface area contributed by atoms with Crippen LogP contribution in [-0.2, 0) is 22.6 Å². The molecule has 1 amide bonds.